The van der Waals surface area contributed by atoms with Crippen LogP contribution in [-0.2, 0) is 0 Å². The van der Waals surface area contributed by atoms with Gasteiger partial charge in [-0.3, -0.25) is 4.79 Å². The Kier molecular flexibility index (Phi) is 5.91. The molecule has 16 heavy (non-hydrogen) atoms. The van der Waals surface area contributed by atoms with Gasteiger partial charge in [-0.2, -0.15) is 0 Å². The Hall–Kier alpha value is -1.05. The Morgan fingerprint density at radius 2 is 2.00 bits per heavy atom. The van der Waals surface area contributed by atoms with Gasteiger partial charge < -0.3 is 4.98 Å². The largest absolute Gasteiger partial charge is 0.326 e. The quantitative estimate of drug-likeness (QED) is 0.697. The smallest absolute Gasteiger partial charge is 0.248 e. The van der Waals surface area contributed by atoms with Crippen molar-refractivity contribution in [2.45, 2.75) is 58.3 Å². The number of rotatable bonds is 7. The summed E-state index contributed by atoms with van der Waals surface area (Å²) in [6.45, 7) is 4.42. The average molecular weight is 221 g/mol. The molecule has 1 rings (SSSR count). The highest BCUT2D eigenvalue weighted by Gasteiger charge is 2.09. The van der Waals surface area contributed by atoms with Crippen LogP contribution in [0.5, 0.6) is 0 Å². The first-order chi connectivity index (χ1) is 7.77. The monoisotopic (exact) mass is 221 g/mol. The second-order valence-corrected chi connectivity index (χ2v) is 4.42. The molecule has 0 aliphatic heterocycles. The highest BCUT2D eigenvalue weighted by molar-refractivity contribution is 5.09. The van der Waals surface area contributed by atoms with E-state index in [1.54, 1.807) is 6.07 Å². The predicted octanol–water partition coefficient (Wildman–Crippen LogP) is 3.84. The molecule has 0 spiro atoms. The predicted molar refractivity (Wildman–Crippen MR) is 68.9 cm³/mol. The van der Waals surface area contributed by atoms with Gasteiger partial charge in [0, 0.05) is 11.8 Å². The van der Waals surface area contributed by atoms with Crippen molar-refractivity contribution in [2.75, 3.05) is 0 Å². The minimum atomic E-state index is 0.0181. The van der Waals surface area contributed by atoms with Crippen LogP contribution < -0.4 is 5.56 Å². The van der Waals surface area contributed by atoms with Crippen LogP contribution in [0.15, 0.2) is 23.0 Å². The van der Waals surface area contributed by atoms with E-state index in [-0.39, 0.29) is 5.56 Å². The van der Waals surface area contributed by atoms with Gasteiger partial charge in [-0.05, 0) is 24.8 Å². The molecule has 0 amide bonds. The highest BCUT2D eigenvalue weighted by Crippen LogP contribution is 2.23. The maximum absolute atomic E-state index is 11.2. The molecule has 1 aromatic heterocycles. The lowest BCUT2D eigenvalue weighted by atomic mass is 9.94. The second kappa shape index (κ2) is 7.26. The van der Waals surface area contributed by atoms with Crippen LogP contribution in [0.25, 0.3) is 0 Å². The number of nitrogens with one attached hydrogen (secondary N) is 1. The SMILES string of the molecule is CCCCCCC(CC)c1cccc(=O)[nH]1. The van der Waals surface area contributed by atoms with Crippen molar-refractivity contribution >= 4 is 0 Å². The van der Waals surface area contributed by atoms with Crippen LogP contribution in [0, 0.1) is 0 Å². The van der Waals surface area contributed by atoms with Crippen LogP contribution in [0.2, 0.25) is 0 Å². The number of H-pyrrole nitrogens is 1. The first kappa shape index (κ1) is 13.0. The number of pyridine rings is 1. The van der Waals surface area contributed by atoms with E-state index in [1.165, 1.54) is 32.1 Å². The molecule has 1 unspecified atom stereocenters. The lowest BCUT2D eigenvalue weighted by molar-refractivity contribution is 0.532. The number of hydrogen-bond donors (Lipinski definition) is 1. The van der Waals surface area contributed by atoms with E-state index in [0.717, 1.165) is 12.1 Å². The molecule has 0 saturated heterocycles. The fraction of sp³-hybridized carbons (Fsp3) is 0.643. The third-order valence-electron chi connectivity index (χ3n) is 3.13. The Labute approximate surface area is 98.1 Å². The molecule has 1 N–H and O–H groups in total. The van der Waals surface area contributed by atoms with Crippen molar-refractivity contribution in [1.82, 2.24) is 4.98 Å². The van der Waals surface area contributed by atoms with Gasteiger partial charge in [0.15, 0.2) is 0 Å². The molecule has 0 bridgehead atoms. The molecule has 0 aliphatic rings. The molecule has 0 radical (unpaired) electrons. The summed E-state index contributed by atoms with van der Waals surface area (Å²) in [5, 5.41) is 0. The Morgan fingerprint density at radius 1 is 1.19 bits per heavy atom. The maximum atomic E-state index is 11.2. The summed E-state index contributed by atoms with van der Waals surface area (Å²) in [6.07, 6.45) is 7.47. The Morgan fingerprint density at radius 3 is 2.62 bits per heavy atom. The maximum Gasteiger partial charge on any atom is 0.248 e. The first-order valence-corrected chi connectivity index (χ1v) is 6.47. The molecule has 0 fully saturated rings. The highest BCUT2D eigenvalue weighted by atomic mass is 16.1. The molecule has 0 saturated carbocycles. The zero-order valence-electron chi connectivity index (χ0n) is 10.5. The van der Waals surface area contributed by atoms with Crippen LogP contribution in [0.1, 0.15) is 64.0 Å². The van der Waals surface area contributed by atoms with Crippen LogP contribution in [-0.4, -0.2) is 4.98 Å². The van der Waals surface area contributed by atoms with Crippen molar-refractivity contribution in [3.8, 4) is 0 Å². The molecule has 2 nitrogen and oxygen atoms in total. The van der Waals surface area contributed by atoms with Crippen LogP contribution >= 0.6 is 0 Å². The second-order valence-electron chi connectivity index (χ2n) is 4.42. The molecule has 1 atom stereocenters. The van der Waals surface area contributed by atoms with Gasteiger partial charge >= 0.3 is 0 Å². The minimum absolute atomic E-state index is 0.0181. The van der Waals surface area contributed by atoms with E-state index in [2.05, 4.69) is 18.8 Å². The average Bonchev–Trinajstić information content (AvgIpc) is 2.29. The van der Waals surface area contributed by atoms with E-state index in [9.17, 15) is 4.79 Å². The van der Waals surface area contributed by atoms with Gasteiger partial charge in [-0.15, -0.1) is 0 Å². The lowest BCUT2D eigenvalue weighted by Gasteiger charge is -2.14. The number of aromatic nitrogens is 1. The van der Waals surface area contributed by atoms with Crippen LogP contribution in [0.4, 0.5) is 0 Å². The molecule has 1 aromatic rings. The summed E-state index contributed by atoms with van der Waals surface area (Å²) in [5.41, 5.74) is 1.12. The summed E-state index contributed by atoms with van der Waals surface area (Å²) in [6, 6.07) is 5.46. The number of unbranched alkanes of at least 4 members (excludes halogenated alkanes) is 3. The summed E-state index contributed by atoms with van der Waals surface area (Å²) in [4.78, 5) is 14.2. The van der Waals surface area contributed by atoms with E-state index in [0.29, 0.717) is 5.92 Å². The van der Waals surface area contributed by atoms with Gasteiger partial charge in [-0.1, -0.05) is 45.6 Å². The van der Waals surface area contributed by atoms with Crippen molar-refractivity contribution < 1.29 is 0 Å². The van der Waals surface area contributed by atoms with Crippen molar-refractivity contribution in [3.63, 3.8) is 0 Å². The number of hydrogen-bond acceptors (Lipinski definition) is 1. The summed E-state index contributed by atoms with van der Waals surface area (Å²) in [5.74, 6) is 0.519. The lowest BCUT2D eigenvalue weighted by Crippen LogP contribution is -2.10. The summed E-state index contributed by atoms with van der Waals surface area (Å²) < 4.78 is 0. The third-order valence-corrected chi connectivity index (χ3v) is 3.13. The molecule has 0 aromatic carbocycles. The van der Waals surface area contributed by atoms with Gasteiger partial charge in [0.1, 0.15) is 0 Å². The Balaban J connectivity index is 2.50. The third kappa shape index (κ3) is 4.21. The van der Waals surface area contributed by atoms with E-state index in [4.69, 9.17) is 0 Å². The van der Waals surface area contributed by atoms with Gasteiger partial charge in [0.05, 0.1) is 0 Å². The van der Waals surface area contributed by atoms with E-state index < -0.39 is 0 Å². The molecule has 1 heterocycles. The summed E-state index contributed by atoms with van der Waals surface area (Å²) >= 11 is 0. The van der Waals surface area contributed by atoms with Gasteiger partial charge in [0.2, 0.25) is 5.56 Å². The van der Waals surface area contributed by atoms with Crippen LogP contribution in [0.3, 0.4) is 0 Å². The van der Waals surface area contributed by atoms with E-state index in [1.807, 2.05) is 12.1 Å². The minimum Gasteiger partial charge on any atom is -0.326 e. The molecule has 0 aliphatic carbocycles. The zero-order chi connectivity index (χ0) is 11.8. The van der Waals surface area contributed by atoms with E-state index >= 15 is 0 Å². The standard InChI is InChI=1S/C14H23NO/c1-3-5-6-7-9-12(4-2)13-10-8-11-14(16)15-13/h8,10-12H,3-7,9H2,1-2H3,(H,15,16). The molecular weight excluding hydrogens is 198 g/mol. The van der Waals surface area contributed by atoms with Crippen molar-refractivity contribution in [3.05, 3.63) is 34.2 Å². The van der Waals surface area contributed by atoms with Crippen molar-refractivity contribution in [1.29, 1.82) is 0 Å². The normalized spacial score (nSPS) is 12.6. The van der Waals surface area contributed by atoms with Gasteiger partial charge in [0.25, 0.3) is 0 Å². The van der Waals surface area contributed by atoms with Gasteiger partial charge in [-0.25, -0.2) is 0 Å². The molecular formula is C14H23NO. The summed E-state index contributed by atoms with van der Waals surface area (Å²) in [7, 11) is 0. The fourth-order valence-electron chi connectivity index (χ4n) is 2.10. The zero-order valence-corrected chi connectivity index (χ0v) is 10.5. The van der Waals surface area contributed by atoms with Crippen molar-refractivity contribution in [2.24, 2.45) is 0 Å². The first-order valence-electron chi connectivity index (χ1n) is 6.47. The molecule has 2 heteroatoms. The Bertz CT molecular complexity index is 343. The fourth-order valence-corrected chi connectivity index (χ4v) is 2.10. The topological polar surface area (TPSA) is 32.9 Å². The number of aromatic amines is 1. The molecule has 90 valence electrons.